The number of nitrogens with zero attached hydrogens (tertiary/aromatic N) is 1. The van der Waals surface area contributed by atoms with E-state index in [1.807, 2.05) is 0 Å². The first-order valence-corrected chi connectivity index (χ1v) is 7.44. The van der Waals surface area contributed by atoms with E-state index in [9.17, 15) is 13.6 Å². The molecule has 0 aromatic heterocycles. The third-order valence-corrected chi connectivity index (χ3v) is 4.04. The normalized spacial score (nSPS) is 17.9. The van der Waals surface area contributed by atoms with Gasteiger partial charge in [-0.25, -0.2) is 8.78 Å². The molecular formula is C7H13F2NOSi. The van der Waals surface area contributed by atoms with Gasteiger partial charge in [0.25, 0.3) is 5.91 Å². The summed E-state index contributed by atoms with van der Waals surface area (Å²) in [6.07, 6.45) is 0. The van der Waals surface area contributed by atoms with Crippen LogP contribution in [0.4, 0.5) is 8.78 Å². The van der Waals surface area contributed by atoms with E-state index < -0.39 is 19.5 Å². The van der Waals surface area contributed by atoms with Crippen LogP contribution in [0.5, 0.6) is 0 Å². The van der Waals surface area contributed by atoms with Crippen LogP contribution >= 0.6 is 0 Å². The van der Waals surface area contributed by atoms with Crippen molar-refractivity contribution in [1.29, 1.82) is 0 Å². The number of alkyl halides is 2. The summed E-state index contributed by atoms with van der Waals surface area (Å²) in [6.45, 7) is 5.52. The molecule has 1 fully saturated rings. The number of hydrogen-bond donors (Lipinski definition) is 0. The van der Waals surface area contributed by atoms with E-state index in [4.69, 9.17) is 0 Å². The Kier molecular flexibility index (Phi) is 2.02. The highest BCUT2D eigenvalue weighted by Gasteiger charge is 2.55. The van der Waals surface area contributed by atoms with Gasteiger partial charge < -0.3 is 4.90 Å². The molecule has 0 aliphatic carbocycles. The zero-order valence-corrected chi connectivity index (χ0v) is 8.53. The van der Waals surface area contributed by atoms with Crippen molar-refractivity contribution in [2.45, 2.75) is 25.2 Å². The fourth-order valence-electron chi connectivity index (χ4n) is 0.772. The lowest BCUT2D eigenvalue weighted by molar-refractivity contribution is -0.142. The van der Waals surface area contributed by atoms with Crippen molar-refractivity contribution in [2.24, 2.45) is 0 Å². The van der Waals surface area contributed by atoms with Gasteiger partial charge in [0, 0.05) is 13.1 Å². The number of halogens is 2. The van der Waals surface area contributed by atoms with Gasteiger partial charge in [-0.2, -0.15) is 0 Å². The highest BCUT2D eigenvalue weighted by molar-refractivity contribution is 6.81. The number of carbonyl (C=O) groups is 1. The molecule has 1 aliphatic rings. The molecule has 2 nitrogen and oxygen atoms in total. The van der Waals surface area contributed by atoms with Gasteiger partial charge in [0.1, 0.15) is 8.07 Å². The van der Waals surface area contributed by atoms with Crippen LogP contribution in [-0.2, 0) is 4.79 Å². The molecule has 1 saturated heterocycles. The van der Waals surface area contributed by atoms with Gasteiger partial charge in [0.15, 0.2) is 0 Å². The van der Waals surface area contributed by atoms with Crippen LogP contribution in [0.2, 0.25) is 19.6 Å². The van der Waals surface area contributed by atoms with Gasteiger partial charge in [0.05, 0.1) is 0 Å². The summed E-state index contributed by atoms with van der Waals surface area (Å²) in [5, 5.41) is 0. The number of rotatable bonds is 2. The average molecular weight is 193 g/mol. The maximum Gasteiger partial charge on any atom is 0.303 e. The minimum Gasteiger partial charge on any atom is -0.334 e. The van der Waals surface area contributed by atoms with Gasteiger partial charge in [0.2, 0.25) is 0 Å². The second-order valence-electron chi connectivity index (χ2n) is 4.12. The molecule has 0 bridgehead atoms. The van der Waals surface area contributed by atoms with E-state index >= 15 is 0 Å². The van der Waals surface area contributed by atoms with E-state index in [2.05, 4.69) is 0 Å². The molecule has 0 saturated carbocycles. The monoisotopic (exact) mass is 193 g/mol. The lowest BCUT2D eigenvalue weighted by atomic mass is 10.6. The summed E-state index contributed by atoms with van der Waals surface area (Å²) >= 11 is 0. The SMILES string of the molecule is C[Si](C)(C)C(F)(F)C(=O)N1CC1. The second-order valence-corrected chi connectivity index (χ2v) is 9.24. The first kappa shape index (κ1) is 9.63. The Labute approximate surface area is 71.6 Å². The van der Waals surface area contributed by atoms with Gasteiger partial charge in [-0.3, -0.25) is 4.79 Å². The molecule has 0 unspecified atom stereocenters. The van der Waals surface area contributed by atoms with E-state index in [0.29, 0.717) is 13.1 Å². The van der Waals surface area contributed by atoms with Gasteiger partial charge >= 0.3 is 5.55 Å². The van der Waals surface area contributed by atoms with E-state index in [1.54, 1.807) is 0 Å². The highest BCUT2D eigenvalue weighted by atomic mass is 28.3. The molecule has 0 radical (unpaired) electrons. The summed E-state index contributed by atoms with van der Waals surface area (Å²) in [5.74, 6) is -0.971. The maximum absolute atomic E-state index is 13.3. The summed E-state index contributed by atoms with van der Waals surface area (Å²) in [6, 6.07) is 0. The Balaban J connectivity index is 2.76. The van der Waals surface area contributed by atoms with Crippen LogP contribution < -0.4 is 0 Å². The molecule has 0 atom stereocenters. The molecule has 0 N–H and O–H groups in total. The van der Waals surface area contributed by atoms with Crippen LogP contribution in [-0.4, -0.2) is 37.5 Å². The first-order chi connectivity index (χ1) is 5.27. The quantitative estimate of drug-likeness (QED) is 0.478. The fraction of sp³-hybridized carbons (Fsp3) is 0.857. The second kappa shape index (κ2) is 2.52. The molecule has 70 valence electrons. The maximum atomic E-state index is 13.3. The summed E-state index contributed by atoms with van der Waals surface area (Å²) in [7, 11) is -2.70. The number of carbonyl (C=O) groups excluding carboxylic acids is 1. The van der Waals surface area contributed by atoms with Crippen LogP contribution in [0, 0.1) is 0 Å². The minimum absolute atomic E-state index is 0.499. The third-order valence-electron chi connectivity index (χ3n) is 1.94. The minimum atomic E-state index is -3.09. The largest absolute Gasteiger partial charge is 0.334 e. The lowest BCUT2D eigenvalue weighted by Gasteiger charge is -2.26. The average Bonchev–Trinajstić information content (AvgIpc) is 2.64. The molecule has 0 aromatic rings. The predicted molar refractivity (Wildman–Crippen MR) is 44.9 cm³/mol. The molecule has 0 aromatic carbocycles. The molecule has 1 heterocycles. The molecule has 5 heteroatoms. The third kappa shape index (κ3) is 1.50. The Morgan fingerprint density at radius 3 is 2.00 bits per heavy atom. The number of hydrogen-bond acceptors (Lipinski definition) is 1. The molecule has 1 amide bonds. The number of amides is 1. The van der Waals surface area contributed by atoms with Crippen molar-refractivity contribution < 1.29 is 13.6 Å². The van der Waals surface area contributed by atoms with Gasteiger partial charge in [-0.15, -0.1) is 0 Å². The molecular weight excluding hydrogens is 180 g/mol. The smallest absolute Gasteiger partial charge is 0.303 e. The first-order valence-electron chi connectivity index (χ1n) is 3.94. The van der Waals surface area contributed by atoms with Crippen LogP contribution in [0.3, 0.4) is 0 Å². The van der Waals surface area contributed by atoms with E-state index in [-0.39, 0.29) is 0 Å². The van der Waals surface area contributed by atoms with Crippen molar-refractivity contribution in [1.82, 2.24) is 4.90 Å². The standard InChI is InChI=1S/C7H13F2NOSi/c1-12(2,3)7(8,9)6(11)10-4-5-10/h4-5H2,1-3H3. The summed E-state index contributed by atoms with van der Waals surface area (Å²) in [4.78, 5) is 12.3. The van der Waals surface area contributed by atoms with Crippen molar-refractivity contribution in [3.05, 3.63) is 0 Å². The van der Waals surface area contributed by atoms with Crippen molar-refractivity contribution >= 4 is 14.0 Å². The van der Waals surface area contributed by atoms with Gasteiger partial charge in [-0.05, 0) is 0 Å². The zero-order chi connectivity index (χ0) is 9.57. The Morgan fingerprint density at radius 2 is 1.75 bits per heavy atom. The lowest BCUT2D eigenvalue weighted by Crippen LogP contribution is -2.53. The Morgan fingerprint density at radius 1 is 1.33 bits per heavy atom. The zero-order valence-electron chi connectivity index (χ0n) is 7.53. The molecule has 12 heavy (non-hydrogen) atoms. The van der Waals surface area contributed by atoms with Crippen molar-refractivity contribution in [3.63, 3.8) is 0 Å². The topological polar surface area (TPSA) is 20.1 Å². The molecule has 1 rings (SSSR count). The van der Waals surface area contributed by atoms with Gasteiger partial charge in [-0.1, -0.05) is 19.6 Å². The van der Waals surface area contributed by atoms with Crippen LogP contribution in [0.15, 0.2) is 0 Å². The molecule has 0 spiro atoms. The van der Waals surface area contributed by atoms with Crippen LogP contribution in [0.1, 0.15) is 0 Å². The Bertz CT molecular complexity index is 208. The van der Waals surface area contributed by atoms with Crippen LogP contribution in [0.25, 0.3) is 0 Å². The predicted octanol–water partition coefficient (Wildman–Crippen LogP) is 1.34. The van der Waals surface area contributed by atoms with Crippen molar-refractivity contribution in [3.8, 4) is 0 Å². The summed E-state index contributed by atoms with van der Waals surface area (Å²) < 4.78 is 26.6. The highest BCUT2D eigenvalue weighted by Crippen LogP contribution is 2.30. The van der Waals surface area contributed by atoms with Crippen molar-refractivity contribution in [2.75, 3.05) is 13.1 Å². The Hall–Kier alpha value is -0.453. The van der Waals surface area contributed by atoms with E-state index in [0.717, 1.165) is 0 Å². The fourth-order valence-corrected chi connectivity index (χ4v) is 1.57. The van der Waals surface area contributed by atoms with E-state index in [1.165, 1.54) is 24.5 Å². The molecule has 1 aliphatic heterocycles. The summed E-state index contributed by atoms with van der Waals surface area (Å²) in [5.41, 5.74) is -3.09.